The van der Waals surface area contributed by atoms with Crippen molar-refractivity contribution in [1.29, 1.82) is 0 Å². The molecule has 5 nitrogen and oxygen atoms in total. The van der Waals surface area contributed by atoms with Crippen LogP contribution in [-0.2, 0) is 0 Å². The van der Waals surface area contributed by atoms with Crippen molar-refractivity contribution in [2.45, 2.75) is 0 Å². The van der Waals surface area contributed by atoms with Crippen molar-refractivity contribution in [2.24, 2.45) is 0 Å². The van der Waals surface area contributed by atoms with Crippen LogP contribution in [0.1, 0.15) is 0 Å². The van der Waals surface area contributed by atoms with E-state index in [0.29, 0.717) is 11.9 Å². The van der Waals surface area contributed by atoms with Crippen LogP contribution >= 0.6 is 11.6 Å². The standard InChI is InChI=1S/C21H16ClN5/c22-19-24-20(23-16-10-4-1-5-11-16)26-21(25-19)27(17-12-6-2-7-13-17)18-14-8-3-9-15-18/h1-15H,(H,23,24,25,26). The molecular weight excluding hydrogens is 358 g/mol. The van der Waals surface area contributed by atoms with Crippen molar-refractivity contribution in [3.63, 3.8) is 0 Å². The predicted molar refractivity (Wildman–Crippen MR) is 109 cm³/mol. The summed E-state index contributed by atoms with van der Waals surface area (Å²) in [6.07, 6.45) is 0. The molecule has 1 heterocycles. The van der Waals surface area contributed by atoms with Gasteiger partial charge in [0.05, 0.1) is 0 Å². The Bertz CT molecular complexity index is 971. The lowest BCUT2D eigenvalue weighted by molar-refractivity contribution is 1.01. The second kappa shape index (κ2) is 7.85. The van der Waals surface area contributed by atoms with Gasteiger partial charge in [-0.2, -0.15) is 15.0 Å². The van der Waals surface area contributed by atoms with Gasteiger partial charge in [0.2, 0.25) is 17.2 Å². The number of anilines is 5. The van der Waals surface area contributed by atoms with Crippen LogP contribution in [-0.4, -0.2) is 15.0 Å². The molecule has 1 aromatic heterocycles. The lowest BCUT2D eigenvalue weighted by Gasteiger charge is -2.23. The first-order valence-electron chi connectivity index (χ1n) is 8.43. The van der Waals surface area contributed by atoms with E-state index in [1.54, 1.807) is 0 Å². The molecule has 0 bridgehead atoms. The molecule has 0 saturated carbocycles. The highest BCUT2D eigenvalue weighted by molar-refractivity contribution is 6.28. The normalized spacial score (nSPS) is 10.4. The van der Waals surface area contributed by atoms with Crippen LogP contribution in [0, 0.1) is 0 Å². The van der Waals surface area contributed by atoms with E-state index in [1.165, 1.54) is 0 Å². The second-order valence-electron chi connectivity index (χ2n) is 5.73. The van der Waals surface area contributed by atoms with E-state index in [2.05, 4.69) is 20.3 Å². The first-order valence-corrected chi connectivity index (χ1v) is 8.81. The molecule has 0 aliphatic rings. The Morgan fingerprint density at radius 2 is 1.15 bits per heavy atom. The van der Waals surface area contributed by atoms with E-state index in [0.717, 1.165) is 17.1 Å². The van der Waals surface area contributed by atoms with Crippen LogP contribution in [0.4, 0.5) is 29.0 Å². The summed E-state index contributed by atoms with van der Waals surface area (Å²) in [7, 11) is 0. The first kappa shape index (κ1) is 17.0. The molecule has 0 spiro atoms. The Kier molecular flexibility index (Phi) is 4.94. The van der Waals surface area contributed by atoms with Crippen LogP contribution in [0.2, 0.25) is 5.28 Å². The number of hydrogen-bond acceptors (Lipinski definition) is 5. The summed E-state index contributed by atoms with van der Waals surface area (Å²) >= 11 is 6.21. The van der Waals surface area contributed by atoms with Crippen molar-refractivity contribution in [3.05, 3.63) is 96.3 Å². The van der Waals surface area contributed by atoms with E-state index < -0.39 is 0 Å². The highest BCUT2D eigenvalue weighted by Crippen LogP contribution is 2.32. The molecule has 0 aliphatic heterocycles. The molecule has 4 aromatic rings. The molecule has 0 saturated heterocycles. The maximum Gasteiger partial charge on any atom is 0.240 e. The molecule has 4 rings (SSSR count). The Hall–Kier alpha value is -3.44. The van der Waals surface area contributed by atoms with Gasteiger partial charge in [0.25, 0.3) is 0 Å². The molecule has 0 fully saturated rings. The largest absolute Gasteiger partial charge is 0.324 e. The molecule has 3 aromatic carbocycles. The summed E-state index contributed by atoms with van der Waals surface area (Å²) in [5.74, 6) is 0.818. The SMILES string of the molecule is Clc1nc(Nc2ccccc2)nc(N(c2ccccc2)c2ccccc2)n1. The molecule has 0 unspecified atom stereocenters. The van der Waals surface area contributed by atoms with Crippen molar-refractivity contribution in [1.82, 2.24) is 15.0 Å². The van der Waals surface area contributed by atoms with Crippen molar-refractivity contribution < 1.29 is 0 Å². The van der Waals surface area contributed by atoms with Gasteiger partial charge in [0.15, 0.2) is 0 Å². The highest BCUT2D eigenvalue weighted by atomic mass is 35.5. The quantitative estimate of drug-likeness (QED) is 0.483. The monoisotopic (exact) mass is 373 g/mol. The predicted octanol–water partition coefficient (Wildman–Crippen LogP) is 5.74. The number of aromatic nitrogens is 3. The van der Waals surface area contributed by atoms with Crippen LogP contribution in [0.5, 0.6) is 0 Å². The Labute approximate surface area is 162 Å². The van der Waals surface area contributed by atoms with E-state index in [4.69, 9.17) is 11.6 Å². The minimum Gasteiger partial charge on any atom is -0.324 e. The minimum atomic E-state index is 0.121. The van der Waals surface area contributed by atoms with Gasteiger partial charge in [-0.1, -0.05) is 54.6 Å². The highest BCUT2D eigenvalue weighted by Gasteiger charge is 2.17. The van der Waals surface area contributed by atoms with Gasteiger partial charge in [-0.05, 0) is 48.0 Å². The second-order valence-corrected chi connectivity index (χ2v) is 6.06. The van der Waals surface area contributed by atoms with Gasteiger partial charge < -0.3 is 5.32 Å². The fourth-order valence-electron chi connectivity index (χ4n) is 2.68. The number of benzene rings is 3. The summed E-state index contributed by atoms with van der Waals surface area (Å²) in [5.41, 5.74) is 2.73. The Balaban J connectivity index is 1.78. The van der Waals surface area contributed by atoms with Gasteiger partial charge in [-0.15, -0.1) is 0 Å². The van der Waals surface area contributed by atoms with Crippen LogP contribution < -0.4 is 10.2 Å². The molecule has 0 amide bonds. The number of nitrogens with one attached hydrogen (secondary N) is 1. The maximum atomic E-state index is 6.21. The maximum absolute atomic E-state index is 6.21. The first-order chi connectivity index (χ1) is 13.3. The van der Waals surface area contributed by atoms with E-state index in [-0.39, 0.29) is 5.28 Å². The number of nitrogens with zero attached hydrogens (tertiary/aromatic N) is 4. The van der Waals surface area contributed by atoms with Gasteiger partial charge in [-0.25, -0.2) is 0 Å². The number of para-hydroxylation sites is 3. The Morgan fingerprint density at radius 1 is 0.630 bits per heavy atom. The van der Waals surface area contributed by atoms with Crippen molar-refractivity contribution in [3.8, 4) is 0 Å². The summed E-state index contributed by atoms with van der Waals surface area (Å²) in [4.78, 5) is 15.1. The number of hydrogen-bond donors (Lipinski definition) is 1. The molecule has 132 valence electrons. The lowest BCUT2D eigenvalue weighted by Crippen LogP contribution is -2.15. The zero-order chi connectivity index (χ0) is 18.5. The van der Waals surface area contributed by atoms with Gasteiger partial charge in [-0.3, -0.25) is 4.90 Å². The average molecular weight is 374 g/mol. The van der Waals surface area contributed by atoms with E-state index in [1.807, 2.05) is 95.9 Å². The average Bonchev–Trinajstić information content (AvgIpc) is 2.70. The lowest BCUT2D eigenvalue weighted by atomic mass is 10.2. The van der Waals surface area contributed by atoms with Crippen molar-refractivity contribution in [2.75, 3.05) is 10.2 Å². The summed E-state index contributed by atoms with van der Waals surface area (Å²) in [6, 6.07) is 29.5. The van der Waals surface area contributed by atoms with Crippen LogP contribution in [0.3, 0.4) is 0 Å². The van der Waals surface area contributed by atoms with Crippen LogP contribution in [0.25, 0.3) is 0 Å². The molecule has 27 heavy (non-hydrogen) atoms. The summed E-state index contributed by atoms with van der Waals surface area (Å²) in [6.45, 7) is 0. The van der Waals surface area contributed by atoms with E-state index >= 15 is 0 Å². The zero-order valence-corrected chi connectivity index (χ0v) is 15.1. The summed E-state index contributed by atoms with van der Waals surface area (Å²) in [5, 5.41) is 3.29. The van der Waals surface area contributed by atoms with Gasteiger partial charge in [0, 0.05) is 17.1 Å². The van der Waals surface area contributed by atoms with Crippen LogP contribution in [0.15, 0.2) is 91.0 Å². The Morgan fingerprint density at radius 3 is 1.70 bits per heavy atom. The molecule has 0 radical (unpaired) electrons. The molecule has 0 atom stereocenters. The third kappa shape index (κ3) is 4.04. The summed E-state index contributed by atoms with van der Waals surface area (Å²) < 4.78 is 0. The van der Waals surface area contributed by atoms with Gasteiger partial charge in [0.1, 0.15) is 0 Å². The third-order valence-corrected chi connectivity index (χ3v) is 4.02. The van der Waals surface area contributed by atoms with Crippen molar-refractivity contribution >= 4 is 40.6 Å². The fraction of sp³-hybridized carbons (Fsp3) is 0. The fourth-order valence-corrected chi connectivity index (χ4v) is 2.84. The molecule has 0 aliphatic carbocycles. The van der Waals surface area contributed by atoms with E-state index in [9.17, 15) is 0 Å². The number of halogens is 1. The van der Waals surface area contributed by atoms with Gasteiger partial charge >= 0.3 is 0 Å². The smallest absolute Gasteiger partial charge is 0.240 e. The minimum absolute atomic E-state index is 0.121. The molecular formula is C21H16ClN5. The third-order valence-electron chi connectivity index (χ3n) is 3.86. The number of rotatable bonds is 5. The molecule has 1 N–H and O–H groups in total. The zero-order valence-electron chi connectivity index (χ0n) is 14.3. The molecule has 6 heteroatoms. The topological polar surface area (TPSA) is 53.9 Å².